The van der Waals surface area contributed by atoms with Crippen LogP contribution in [0.4, 0.5) is 5.69 Å². The monoisotopic (exact) mass is 411 g/mol. The van der Waals surface area contributed by atoms with Crippen molar-refractivity contribution in [2.24, 2.45) is 0 Å². The third kappa shape index (κ3) is 5.91. The molecule has 1 N–H and O–H groups in total. The Bertz CT molecular complexity index is 880. The lowest BCUT2D eigenvalue weighted by molar-refractivity contribution is 0.102. The van der Waals surface area contributed by atoms with Gasteiger partial charge < -0.3 is 10.2 Å². The summed E-state index contributed by atoms with van der Waals surface area (Å²) >= 11 is 6.05. The predicted molar refractivity (Wildman–Crippen MR) is 122 cm³/mol. The summed E-state index contributed by atoms with van der Waals surface area (Å²) in [5, 5.41) is 3.15. The summed E-state index contributed by atoms with van der Waals surface area (Å²) in [6.07, 6.45) is 9.67. The van der Waals surface area contributed by atoms with E-state index in [1.54, 1.807) is 18.3 Å². The molecule has 0 bridgehead atoms. The first-order chi connectivity index (χ1) is 13.8. The number of carbonyl (C=O) groups is 1. The van der Waals surface area contributed by atoms with E-state index in [1.807, 2.05) is 12.1 Å². The Morgan fingerprint density at radius 3 is 2.69 bits per heavy atom. The summed E-state index contributed by atoms with van der Waals surface area (Å²) in [7, 11) is 0. The van der Waals surface area contributed by atoms with E-state index in [0.717, 1.165) is 24.2 Å². The molecule has 5 heteroatoms. The Morgan fingerprint density at radius 1 is 1.24 bits per heavy atom. The molecule has 2 aromatic rings. The van der Waals surface area contributed by atoms with Crippen molar-refractivity contribution < 1.29 is 4.79 Å². The zero-order valence-corrected chi connectivity index (χ0v) is 18.3. The fourth-order valence-corrected chi connectivity index (χ4v) is 3.89. The van der Waals surface area contributed by atoms with Crippen molar-refractivity contribution in [2.45, 2.75) is 45.4 Å². The molecule has 0 unspecified atom stereocenters. The van der Waals surface area contributed by atoms with Crippen molar-refractivity contribution >= 4 is 29.3 Å². The molecule has 3 rings (SSSR count). The van der Waals surface area contributed by atoms with Crippen LogP contribution in [0.2, 0.25) is 5.15 Å². The van der Waals surface area contributed by atoms with Gasteiger partial charge in [0.1, 0.15) is 5.15 Å². The van der Waals surface area contributed by atoms with Crippen molar-refractivity contribution in [3.05, 3.63) is 64.4 Å². The van der Waals surface area contributed by atoms with Gasteiger partial charge in [0, 0.05) is 18.4 Å². The average Bonchev–Trinajstić information content (AvgIpc) is 3.18. The van der Waals surface area contributed by atoms with E-state index in [0.29, 0.717) is 5.56 Å². The number of rotatable bonds is 6. The summed E-state index contributed by atoms with van der Waals surface area (Å²) in [4.78, 5) is 19.1. The average molecular weight is 412 g/mol. The highest BCUT2D eigenvalue weighted by molar-refractivity contribution is 6.33. The van der Waals surface area contributed by atoms with Gasteiger partial charge in [0.2, 0.25) is 0 Å². The molecule has 2 heterocycles. The molecular weight excluding hydrogens is 382 g/mol. The van der Waals surface area contributed by atoms with Gasteiger partial charge in [-0.25, -0.2) is 4.98 Å². The number of carbonyl (C=O) groups excluding carboxylic acids is 1. The maximum absolute atomic E-state index is 12.6. The first-order valence-corrected chi connectivity index (χ1v) is 10.7. The van der Waals surface area contributed by atoms with Gasteiger partial charge in [0.25, 0.3) is 5.91 Å². The number of hydrogen-bond donors (Lipinski definition) is 1. The molecule has 4 nitrogen and oxygen atoms in total. The van der Waals surface area contributed by atoms with E-state index in [2.05, 4.69) is 54.2 Å². The van der Waals surface area contributed by atoms with Crippen molar-refractivity contribution in [3.8, 4) is 0 Å². The van der Waals surface area contributed by atoms with Gasteiger partial charge in [-0.05, 0) is 73.2 Å². The molecule has 0 aliphatic carbocycles. The molecule has 1 aliphatic heterocycles. The fraction of sp³-hybridized carbons (Fsp3) is 0.417. The maximum Gasteiger partial charge on any atom is 0.258 e. The number of halogens is 1. The Balaban J connectivity index is 1.76. The lowest BCUT2D eigenvalue weighted by Gasteiger charge is -2.22. The van der Waals surface area contributed by atoms with Crippen LogP contribution in [-0.2, 0) is 5.41 Å². The quantitative estimate of drug-likeness (QED) is 0.612. The molecule has 1 fully saturated rings. The van der Waals surface area contributed by atoms with Crippen molar-refractivity contribution in [1.29, 1.82) is 0 Å². The lowest BCUT2D eigenvalue weighted by Crippen LogP contribution is -2.19. The minimum atomic E-state index is -0.254. The number of amides is 1. The highest BCUT2D eigenvalue weighted by atomic mass is 35.5. The Hall–Kier alpha value is -2.17. The van der Waals surface area contributed by atoms with Crippen LogP contribution in [-0.4, -0.2) is 35.4 Å². The minimum absolute atomic E-state index is 0.0177. The number of aromatic nitrogens is 1. The fourth-order valence-electron chi connectivity index (χ4n) is 3.69. The van der Waals surface area contributed by atoms with Crippen LogP contribution in [0.1, 0.15) is 61.5 Å². The highest BCUT2D eigenvalue weighted by Gasteiger charge is 2.18. The zero-order chi connectivity index (χ0) is 20.9. The summed E-state index contributed by atoms with van der Waals surface area (Å²) in [5.41, 5.74) is 3.53. The molecule has 0 atom stereocenters. The summed E-state index contributed by atoms with van der Waals surface area (Å²) in [6.45, 7) is 10.2. The first-order valence-electron chi connectivity index (χ1n) is 10.3. The number of pyridine rings is 1. The predicted octanol–water partition coefficient (Wildman–Crippen LogP) is 5.78. The van der Waals surface area contributed by atoms with Crippen LogP contribution in [0.3, 0.4) is 0 Å². The van der Waals surface area contributed by atoms with Gasteiger partial charge in [0.05, 0.1) is 5.56 Å². The SMILES string of the molecule is CC(C)(C)c1ccc(NC(=O)c2cccnc2Cl)cc1/C=C/CCN1CCCC1. The number of nitrogens with one attached hydrogen (secondary N) is 1. The molecule has 154 valence electrons. The normalized spacial score (nSPS) is 15.2. The van der Waals surface area contributed by atoms with Crippen LogP contribution in [0.5, 0.6) is 0 Å². The van der Waals surface area contributed by atoms with E-state index in [-0.39, 0.29) is 16.5 Å². The Morgan fingerprint density at radius 2 is 2.00 bits per heavy atom. The molecule has 29 heavy (non-hydrogen) atoms. The molecule has 0 saturated carbocycles. The third-order valence-corrected chi connectivity index (χ3v) is 5.53. The van der Waals surface area contributed by atoms with E-state index in [4.69, 9.17) is 11.6 Å². The molecule has 1 saturated heterocycles. The molecule has 1 aliphatic rings. The Labute approximate surface area is 179 Å². The summed E-state index contributed by atoms with van der Waals surface area (Å²) in [5.74, 6) is -0.254. The van der Waals surface area contributed by atoms with E-state index < -0.39 is 0 Å². The molecular formula is C24H30ClN3O. The van der Waals surface area contributed by atoms with Gasteiger partial charge in [-0.15, -0.1) is 0 Å². The smallest absolute Gasteiger partial charge is 0.258 e. The number of likely N-dealkylation sites (tertiary alicyclic amines) is 1. The van der Waals surface area contributed by atoms with Crippen molar-refractivity contribution in [3.63, 3.8) is 0 Å². The molecule has 1 amide bonds. The van der Waals surface area contributed by atoms with Gasteiger partial charge in [0.15, 0.2) is 0 Å². The second kappa shape index (κ2) is 9.55. The van der Waals surface area contributed by atoms with Crippen LogP contribution < -0.4 is 5.32 Å². The minimum Gasteiger partial charge on any atom is -0.322 e. The van der Waals surface area contributed by atoms with Gasteiger partial charge >= 0.3 is 0 Å². The largest absolute Gasteiger partial charge is 0.322 e. The number of anilines is 1. The number of benzene rings is 1. The standard InChI is InChI=1S/C24H30ClN3O/c1-24(2,3)21-12-11-19(27-23(29)20-10-8-13-26-22(20)25)17-18(21)9-4-5-14-28-15-6-7-16-28/h4,8-13,17H,5-7,14-16H2,1-3H3,(H,27,29)/b9-4+. The van der Waals surface area contributed by atoms with Crippen LogP contribution in [0.15, 0.2) is 42.6 Å². The number of nitrogens with zero attached hydrogens (tertiary/aromatic N) is 2. The van der Waals surface area contributed by atoms with Gasteiger partial charge in [-0.2, -0.15) is 0 Å². The summed E-state index contributed by atoms with van der Waals surface area (Å²) in [6, 6.07) is 9.46. The topological polar surface area (TPSA) is 45.2 Å². The van der Waals surface area contributed by atoms with Crippen molar-refractivity contribution in [1.82, 2.24) is 9.88 Å². The number of hydrogen-bond acceptors (Lipinski definition) is 3. The second-order valence-corrected chi connectivity index (χ2v) is 8.95. The second-order valence-electron chi connectivity index (χ2n) is 8.59. The zero-order valence-electron chi connectivity index (χ0n) is 17.5. The van der Waals surface area contributed by atoms with Crippen molar-refractivity contribution in [2.75, 3.05) is 25.0 Å². The maximum atomic E-state index is 12.6. The third-order valence-electron chi connectivity index (χ3n) is 5.23. The molecule has 0 radical (unpaired) electrons. The molecule has 1 aromatic heterocycles. The Kier molecular flexibility index (Phi) is 7.09. The van der Waals surface area contributed by atoms with Gasteiger partial charge in [-0.1, -0.05) is 50.6 Å². The lowest BCUT2D eigenvalue weighted by atomic mass is 9.83. The highest BCUT2D eigenvalue weighted by Crippen LogP contribution is 2.29. The first kappa shape index (κ1) is 21.5. The van der Waals surface area contributed by atoms with Gasteiger partial charge in [-0.3, -0.25) is 4.79 Å². The van der Waals surface area contributed by atoms with E-state index in [1.165, 1.54) is 31.5 Å². The molecule has 1 aromatic carbocycles. The van der Waals surface area contributed by atoms with E-state index in [9.17, 15) is 4.79 Å². The van der Waals surface area contributed by atoms with E-state index >= 15 is 0 Å². The van der Waals surface area contributed by atoms with Crippen LogP contribution in [0.25, 0.3) is 6.08 Å². The summed E-state index contributed by atoms with van der Waals surface area (Å²) < 4.78 is 0. The molecule has 0 spiro atoms. The van der Waals surface area contributed by atoms with Crippen LogP contribution in [0, 0.1) is 0 Å². The van der Waals surface area contributed by atoms with Crippen LogP contribution >= 0.6 is 11.6 Å².